The molecule has 0 aliphatic carbocycles. The quantitative estimate of drug-likeness (QED) is 0.136. The van der Waals surface area contributed by atoms with Crippen LogP contribution in [0.3, 0.4) is 0 Å². The van der Waals surface area contributed by atoms with Gasteiger partial charge in [-0.1, -0.05) is 140 Å². The first kappa shape index (κ1) is 29.4. The van der Waals surface area contributed by atoms with E-state index in [-0.39, 0.29) is 6.61 Å². The monoisotopic (exact) mass is 468 g/mol. The first-order valence-electron chi connectivity index (χ1n) is 13.3. The van der Waals surface area contributed by atoms with Crippen molar-refractivity contribution in [2.75, 3.05) is 6.61 Å². The van der Waals surface area contributed by atoms with Crippen molar-refractivity contribution in [2.45, 2.75) is 129 Å². The van der Waals surface area contributed by atoms with Crippen LogP contribution in [0, 0.1) is 0 Å². The van der Waals surface area contributed by atoms with E-state index in [1.165, 1.54) is 89.9 Å². The Hall–Kier alpha value is -0.670. The lowest BCUT2D eigenvalue weighted by Crippen LogP contribution is -2.04. The average molecular weight is 469 g/mol. The zero-order valence-electron chi connectivity index (χ0n) is 20.8. The number of benzene rings is 1. The van der Waals surface area contributed by atoms with Crippen LogP contribution < -0.4 is 0 Å². The van der Waals surface area contributed by atoms with Crippen molar-refractivity contribution in [1.82, 2.24) is 0 Å². The largest absolute Gasteiger partial charge is 0.472 e. The van der Waals surface area contributed by atoms with Crippen LogP contribution in [0.1, 0.15) is 135 Å². The normalized spacial score (nSPS) is 14.3. The number of hydrogen-bond acceptors (Lipinski definition) is 3. The molecular formula is C27H49O4P. The Kier molecular flexibility index (Phi) is 18.1. The fourth-order valence-corrected chi connectivity index (χ4v) is 5.07. The molecule has 0 radical (unpaired) electrons. The zero-order chi connectivity index (χ0) is 23.3. The van der Waals surface area contributed by atoms with E-state index in [4.69, 9.17) is 9.05 Å². The minimum atomic E-state index is -4.02. The third-order valence-electron chi connectivity index (χ3n) is 6.05. The number of phosphoric acid groups is 1. The predicted molar refractivity (Wildman–Crippen MR) is 136 cm³/mol. The molecule has 2 unspecified atom stereocenters. The fraction of sp³-hybridized carbons (Fsp3) is 0.778. The number of unbranched alkanes of at least 4 members (excludes halogenated alkanes) is 15. The van der Waals surface area contributed by atoms with E-state index in [1.807, 2.05) is 37.3 Å². The maximum atomic E-state index is 12.2. The second-order valence-electron chi connectivity index (χ2n) is 9.02. The minimum Gasteiger partial charge on any atom is -0.302 e. The lowest BCUT2D eigenvalue weighted by Gasteiger charge is -2.20. The summed E-state index contributed by atoms with van der Waals surface area (Å²) in [5.41, 5.74) is 0.898. The summed E-state index contributed by atoms with van der Waals surface area (Å²) in [7, 11) is -4.02. The second kappa shape index (κ2) is 19.8. The van der Waals surface area contributed by atoms with Crippen LogP contribution in [0.4, 0.5) is 0 Å². The molecule has 5 heteroatoms. The van der Waals surface area contributed by atoms with E-state index in [9.17, 15) is 9.46 Å². The molecule has 0 aliphatic heterocycles. The van der Waals surface area contributed by atoms with Crippen molar-refractivity contribution < 1.29 is 18.5 Å². The van der Waals surface area contributed by atoms with Gasteiger partial charge in [0.25, 0.3) is 0 Å². The van der Waals surface area contributed by atoms with Crippen LogP contribution in [-0.4, -0.2) is 11.5 Å². The molecule has 1 rings (SSSR count). The fourth-order valence-electron chi connectivity index (χ4n) is 4.06. The topological polar surface area (TPSA) is 55.8 Å². The van der Waals surface area contributed by atoms with Crippen molar-refractivity contribution >= 4 is 7.82 Å². The Morgan fingerprint density at radius 2 is 1.16 bits per heavy atom. The summed E-state index contributed by atoms with van der Waals surface area (Å²) in [6, 6.07) is 9.54. The molecule has 0 saturated carbocycles. The molecule has 186 valence electrons. The standard InChI is InChI=1S/C27H49O4P/c1-3-5-6-7-8-9-10-11-12-13-14-15-16-17-18-22-25-30-32(28,29)31-27(4-2)26-23-20-19-21-24-26/h19-21,23-24,27H,3-18,22,25H2,1-2H3,(H,28,29). The van der Waals surface area contributed by atoms with Crippen molar-refractivity contribution in [1.29, 1.82) is 0 Å². The maximum Gasteiger partial charge on any atom is 0.472 e. The third kappa shape index (κ3) is 16.0. The molecule has 1 aromatic carbocycles. The van der Waals surface area contributed by atoms with Crippen LogP contribution in [-0.2, 0) is 13.6 Å². The first-order valence-corrected chi connectivity index (χ1v) is 14.8. The zero-order valence-corrected chi connectivity index (χ0v) is 21.7. The highest BCUT2D eigenvalue weighted by molar-refractivity contribution is 7.47. The van der Waals surface area contributed by atoms with Crippen LogP contribution in [0.15, 0.2) is 30.3 Å². The molecule has 0 saturated heterocycles. The number of hydrogen-bond donors (Lipinski definition) is 1. The van der Waals surface area contributed by atoms with Crippen LogP contribution >= 0.6 is 7.82 Å². The molecule has 1 aromatic rings. The molecule has 0 spiro atoms. The van der Waals surface area contributed by atoms with E-state index in [2.05, 4.69) is 6.92 Å². The van der Waals surface area contributed by atoms with E-state index >= 15 is 0 Å². The van der Waals surface area contributed by atoms with Gasteiger partial charge in [0.15, 0.2) is 0 Å². The highest BCUT2D eigenvalue weighted by Crippen LogP contribution is 2.48. The molecule has 1 N–H and O–H groups in total. The molecule has 0 aliphatic rings. The average Bonchev–Trinajstić information content (AvgIpc) is 2.80. The lowest BCUT2D eigenvalue weighted by molar-refractivity contribution is 0.101. The minimum absolute atomic E-state index is 0.275. The smallest absolute Gasteiger partial charge is 0.302 e. The Labute approximate surface area is 198 Å². The molecule has 0 bridgehead atoms. The van der Waals surface area contributed by atoms with E-state index < -0.39 is 13.9 Å². The Morgan fingerprint density at radius 3 is 1.59 bits per heavy atom. The summed E-state index contributed by atoms with van der Waals surface area (Å²) >= 11 is 0. The van der Waals surface area contributed by atoms with Gasteiger partial charge in [0.1, 0.15) is 0 Å². The Morgan fingerprint density at radius 1 is 0.719 bits per heavy atom. The van der Waals surface area contributed by atoms with Gasteiger partial charge in [-0.25, -0.2) is 4.57 Å². The SMILES string of the molecule is CCCCCCCCCCCCCCCCCCOP(=O)(O)OC(CC)c1ccccc1. The van der Waals surface area contributed by atoms with Gasteiger partial charge in [0, 0.05) is 0 Å². The Balaban J connectivity index is 1.92. The van der Waals surface area contributed by atoms with Crippen molar-refractivity contribution in [3.05, 3.63) is 35.9 Å². The molecule has 0 heterocycles. The first-order chi connectivity index (χ1) is 15.6. The van der Waals surface area contributed by atoms with Crippen LogP contribution in [0.5, 0.6) is 0 Å². The summed E-state index contributed by atoms with van der Waals surface area (Å²) in [5.74, 6) is 0. The van der Waals surface area contributed by atoms with Gasteiger partial charge in [0.05, 0.1) is 12.7 Å². The molecule has 0 fully saturated rings. The summed E-state index contributed by atoms with van der Waals surface area (Å²) in [5, 5.41) is 0. The molecule has 0 aromatic heterocycles. The van der Waals surface area contributed by atoms with Crippen LogP contribution in [0.25, 0.3) is 0 Å². The predicted octanol–water partition coefficient (Wildman–Crippen LogP) is 9.53. The maximum absolute atomic E-state index is 12.2. The van der Waals surface area contributed by atoms with Crippen molar-refractivity contribution in [2.24, 2.45) is 0 Å². The van der Waals surface area contributed by atoms with Crippen LogP contribution in [0.2, 0.25) is 0 Å². The second-order valence-corrected chi connectivity index (χ2v) is 10.4. The third-order valence-corrected chi connectivity index (χ3v) is 7.08. The highest BCUT2D eigenvalue weighted by Gasteiger charge is 2.26. The molecule has 2 atom stereocenters. The summed E-state index contributed by atoms with van der Waals surface area (Å²) < 4.78 is 22.8. The number of phosphoric ester groups is 1. The molecule has 4 nitrogen and oxygen atoms in total. The highest BCUT2D eigenvalue weighted by atomic mass is 31.2. The van der Waals surface area contributed by atoms with E-state index in [0.717, 1.165) is 18.4 Å². The molecular weight excluding hydrogens is 419 g/mol. The van der Waals surface area contributed by atoms with Gasteiger partial charge in [0.2, 0.25) is 0 Å². The van der Waals surface area contributed by atoms with Gasteiger partial charge in [-0.3, -0.25) is 9.05 Å². The summed E-state index contributed by atoms with van der Waals surface area (Å²) in [6.07, 6.45) is 21.1. The summed E-state index contributed by atoms with van der Waals surface area (Å²) in [6.45, 7) is 4.49. The van der Waals surface area contributed by atoms with Gasteiger partial charge in [-0.2, -0.15) is 0 Å². The van der Waals surface area contributed by atoms with Crippen molar-refractivity contribution in [3.63, 3.8) is 0 Å². The van der Waals surface area contributed by atoms with Gasteiger partial charge in [-0.15, -0.1) is 0 Å². The Bertz CT molecular complexity index is 578. The van der Waals surface area contributed by atoms with E-state index in [0.29, 0.717) is 6.42 Å². The van der Waals surface area contributed by atoms with Crippen molar-refractivity contribution in [3.8, 4) is 0 Å². The molecule has 0 amide bonds. The van der Waals surface area contributed by atoms with E-state index in [1.54, 1.807) is 0 Å². The lowest BCUT2D eigenvalue weighted by atomic mass is 10.0. The van der Waals surface area contributed by atoms with Gasteiger partial charge in [-0.05, 0) is 18.4 Å². The van der Waals surface area contributed by atoms with Gasteiger partial charge < -0.3 is 4.89 Å². The summed E-state index contributed by atoms with van der Waals surface area (Å²) in [4.78, 5) is 10.0. The van der Waals surface area contributed by atoms with Gasteiger partial charge >= 0.3 is 7.82 Å². The number of rotatable bonds is 22. The molecule has 32 heavy (non-hydrogen) atoms.